The predicted molar refractivity (Wildman–Crippen MR) is 74.6 cm³/mol. The van der Waals surface area contributed by atoms with Crippen LogP contribution in [0.1, 0.15) is 5.69 Å². The Labute approximate surface area is 129 Å². The van der Waals surface area contributed by atoms with Crippen LogP contribution in [0, 0.1) is 5.82 Å². The van der Waals surface area contributed by atoms with Crippen LogP contribution in [0.3, 0.4) is 0 Å². The molecule has 1 aromatic carbocycles. The number of phenols is 1. The van der Waals surface area contributed by atoms with E-state index in [1.165, 1.54) is 0 Å². The van der Waals surface area contributed by atoms with Gasteiger partial charge in [0.15, 0.2) is 5.82 Å². The second-order valence-corrected chi connectivity index (χ2v) is 4.77. The highest BCUT2D eigenvalue weighted by atomic mass is 19.4. The van der Waals surface area contributed by atoms with Gasteiger partial charge in [-0.05, 0) is 18.2 Å². The first-order valence-electron chi connectivity index (χ1n) is 6.40. The van der Waals surface area contributed by atoms with E-state index < -0.39 is 51.1 Å². The van der Waals surface area contributed by atoms with Crippen molar-refractivity contribution in [3.8, 4) is 11.4 Å². The molecule has 0 saturated carbocycles. The Kier molecular flexibility index (Phi) is 3.39. The fourth-order valence-electron chi connectivity index (χ4n) is 2.29. The number of phenolic OH excluding ortho intramolecular Hbond substituents is 1. The second-order valence-electron chi connectivity index (χ2n) is 4.77. The Morgan fingerprint density at radius 3 is 2.54 bits per heavy atom. The molecule has 0 bridgehead atoms. The van der Waals surface area contributed by atoms with E-state index in [9.17, 15) is 32.3 Å². The average molecular weight is 341 g/mol. The number of rotatable bonds is 1. The minimum absolute atomic E-state index is 0.0422. The molecule has 0 aliphatic carbocycles. The number of alkyl halides is 3. The van der Waals surface area contributed by atoms with E-state index >= 15 is 0 Å². The molecule has 0 spiro atoms. The lowest BCUT2D eigenvalue weighted by atomic mass is 10.2. The lowest BCUT2D eigenvalue weighted by Gasteiger charge is -2.17. The Balaban J connectivity index is 2.59. The molecular formula is C14H7F4N3O3. The molecule has 2 heterocycles. The van der Waals surface area contributed by atoms with Crippen LogP contribution >= 0.6 is 0 Å². The molecule has 3 rings (SSSR count). The van der Waals surface area contributed by atoms with Crippen molar-refractivity contribution < 1.29 is 22.7 Å². The third kappa shape index (κ3) is 2.32. The number of fused-ring (bicyclic) bond motifs is 1. The molecule has 24 heavy (non-hydrogen) atoms. The monoisotopic (exact) mass is 341 g/mol. The fraction of sp³-hybridized carbons (Fsp3) is 0.0714. The molecule has 0 saturated heterocycles. The zero-order valence-corrected chi connectivity index (χ0v) is 11.6. The van der Waals surface area contributed by atoms with Crippen molar-refractivity contribution in [2.75, 3.05) is 0 Å². The van der Waals surface area contributed by atoms with Crippen molar-refractivity contribution in [2.45, 2.75) is 6.18 Å². The molecule has 3 aromatic rings. The highest BCUT2D eigenvalue weighted by molar-refractivity contribution is 5.77. The van der Waals surface area contributed by atoms with E-state index in [0.29, 0.717) is 6.07 Å². The maximum atomic E-state index is 14.0. The van der Waals surface area contributed by atoms with E-state index in [2.05, 4.69) is 9.97 Å². The van der Waals surface area contributed by atoms with Gasteiger partial charge in [-0.3, -0.25) is 14.2 Å². The van der Waals surface area contributed by atoms with Crippen molar-refractivity contribution >= 4 is 10.9 Å². The van der Waals surface area contributed by atoms with Crippen LogP contribution in [-0.4, -0.2) is 19.6 Å². The van der Waals surface area contributed by atoms with Crippen molar-refractivity contribution in [1.82, 2.24) is 14.5 Å². The van der Waals surface area contributed by atoms with E-state index in [0.717, 1.165) is 24.5 Å². The summed E-state index contributed by atoms with van der Waals surface area (Å²) in [6.45, 7) is 0. The molecular weight excluding hydrogens is 334 g/mol. The van der Waals surface area contributed by atoms with E-state index in [-0.39, 0.29) is 4.57 Å². The smallest absolute Gasteiger partial charge is 0.431 e. The molecule has 0 radical (unpaired) electrons. The van der Waals surface area contributed by atoms with Gasteiger partial charge >= 0.3 is 6.18 Å². The van der Waals surface area contributed by atoms with Crippen molar-refractivity contribution in [3.05, 3.63) is 62.8 Å². The largest absolute Gasteiger partial charge is 0.506 e. The Hall–Kier alpha value is -3.17. The molecule has 0 atom stereocenters. The molecule has 0 fully saturated rings. The van der Waals surface area contributed by atoms with Crippen LogP contribution < -0.4 is 11.1 Å². The number of aromatic nitrogens is 3. The number of pyridine rings is 1. The van der Waals surface area contributed by atoms with Crippen LogP contribution in [0.25, 0.3) is 16.6 Å². The highest BCUT2D eigenvalue weighted by Crippen LogP contribution is 2.34. The van der Waals surface area contributed by atoms with Gasteiger partial charge in [-0.15, -0.1) is 0 Å². The van der Waals surface area contributed by atoms with Gasteiger partial charge in [-0.1, -0.05) is 6.07 Å². The maximum Gasteiger partial charge on any atom is 0.431 e. The first-order valence-corrected chi connectivity index (χ1v) is 6.40. The highest BCUT2D eigenvalue weighted by Gasteiger charge is 2.37. The summed E-state index contributed by atoms with van der Waals surface area (Å²) in [7, 11) is 0. The third-order valence-electron chi connectivity index (χ3n) is 3.30. The van der Waals surface area contributed by atoms with Crippen LogP contribution in [0.15, 0.2) is 40.2 Å². The van der Waals surface area contributed by atoms with Gasteiger partial charge in [0.05, 0.1) is 11.7 Å². The number of aromatic hydroxyl groups is 1. The summed E-state index contributed by atoms with van der Waals surface area (Å²) in [5.41, 5.74) is -5.51. The van der Waals surface area contributed by atoms with E-state index in [4.69, 9.17) is 0 Å². The van der Waals surface area contributed by atoms with Crippen LogP contribution in [0.2, 0.25) is 0 Å². The van der Waals surface area contributed by atoms with Crippen molar-refractivity contribution in [1.29, 1.82) is 0 Å². The summed E-state index contributed by atoms with van der Waals surface area (Å²) in [5, 5.41) is 9.14. The quantitative estimate of drug-likeness (QED) is 0.662. The van der Waals surface area contributed by atoms with Crippen molar-refractivity contribution in [2.24, 2.45) is 0 Å². The fourth-order valence-corrected chi connectivity index (χ4v) is 2.29. The number of nitrogens with one attached hydrogen (secondary N) is 1. The second kappa shape index (κ2) is 5.18. The molecule has 0 aliphatic heterocycles. The summed E-state index contributed by atoms with van der Waals surface area (Å²) >= 11 is 0. The van der Waals surface area contributed by atoms with Gasteiger partial charge in [0.2, 0.25) is 0 Å². The average Bonchev–Trinajstić information content (AvgIpc) is 2.48. The number of aromatic amines is 1. The SMILES string of the molecule is O=c1[nH]cnc2c(=O)n(-c3c(O)cccc3F)c(C(F)(F)F)cc12. The summed E-state index contributed by atoms with van der Waals surface area (Å²) in [4.78, 5) is 29.7. The molecule has 0 unspecified atom stereocenters. The van der Waals surface area contributed by atoms with Gasteiger partial charge in [0, 0.05) is 0 Å². The summed E-state index contributed by atoms with van der Waals surface area (Å²) in [5.74, 6) is -2.11. The topological polar surface area (TPSA) is 88.0 Å². The summed E-state index contributed by atoms with van der Waals surface area (Å²) < 4.78 is 54.0. The predicted octanol–water partition coefficient (Wildman–Crippen LogP) is 1.94. The van der Waals surface area contributed by atoms with E-state index in [1.54, 1.807) is 0 Å². The van der Waals surface area contributed by atoms with Gasteiger partial charge in [0.25, 0.3) is 11.1 Å². The molecule has 0 aliphatic rings. The standard InChI is InChI=1S/C14H7F4N3O3/c15-7-2-1-3-8(22)11(7)21-9(14(16,17)18)4-6-10(13(21)24)19-5-20-12(6)23/h1-5,22H,(H,19,20,23). The van der Waals surface area contributed by atoms with Gasteiger partial charge in [-0.2, -0.15) is 13.2 Å². The summed E-state index contributed by atoms with van der Waals surface area (Å²) in [6, 6.07) is 3.17. The minimum Gasteiger partial charge on any atom is -0.506 e. The molecule has 0 amide bonds. The normalized spacial score (nSPS) is 11.8. The molecule has 124 valence electrons. The van der Waals surface area contributed by atoms with Crippen molar-refractivity contribution in [3.63, 3.8) is 0 Å². The number of para-hydroxylation sites is 1. The lowest BCUT2D eigenvalue weighted by molar-refractivity contribution is -0.142. The molecule has 2 aromatic heterocycles. The Morgan fingerprint density at radius 2 is 1.92 bits per heavy atom. The van der Waals surface area contributed by atoms with Crippen LogP contribution in [-0.2, 0) is 6.18 Å². The number of hydrogen-bond donors (Lipinski definition) is 2. The first-order chi connectivity index (χ1) is 11.2. The van der Waals surface area contributed by atoms with E-state index in [1.807, 2.05) is 0 Å². The zero-order chi connectivity index (χ0) is 17.6. The molecule has 6 nitrogen and oxygen atoms in total. The number of nitrogens with zero attached hydrogens (tertiary/aromatic N) is 2. The minimum atomic E-state index is -5.09. The number of hydrogen-bond acceptors (Lipinski definition) is 4. The van der Waals surface area contributed by atoms with Gasteiger partial charge in [-0.25, -0.2) is 9.37 Å². The third-order valence-corrected chi connectivity index (χ3v) is 3.30. The summed E-state index contributed by atoms with van der Waals surface area (Å²) in [6.07, 6.45) is -4.25. The number of benzene rings is 1. The zero-order valence-electron chi connectivity index (χ0n) is 11.6. The Morgan fingerprint density at radius 1 is 1.21 bits per heavy atom. The van der Waals surface area contributed by atoms with Crippen LogP contribution in [0.5, 0.6) is 5.75 Å². The van der Waals surface area contributed by atoms with Gasteiger partial charge < -0.3 is 10.1 Å². The molecule has 10 heteroatoms. The Bertz CT molecular complexity index is 1050. The number of halogens is 4. The number of H-pyrrole nitrogens is 1. The maximum absolute atomic E-state index is 14.0. The lowest BCUT2D eigenvalue weighted by Crippen LogP contribution is -2.29. The van der Waals surface area contributed by atoms with Crippen LogP contribution in [0.4, 0.5) is 17.6 Å². The first kappa shape index (κ1) is 15.7. The van der Waals surface area contributed by atoms with Gasteiger partial charge in [0.1, 0.15) is 22.6 Å². The molecule has 2 N–H and O–H groups in total.